The van der Waals surface area contributed by atoms with Crippen molar-refractivity contribution in [3.05, 3.63) is 122 Å². The van der Waals surface area contributed by atoms with Crippen molar-refractivity contribution in [1.29, 1.82) is 0 Å². The van der Waals surface area contributed by atoms with Gasteiger partial charge >= 0.3 is 5.88 Å². The number of hydrogen-bond acceptors (Lipinski definition) is 6. The minimum absolute atomic E-state index is 0.123. The fourth-order valence-corrected chi connectivity index (χ4v) is 5.20. The first-order valence-corrected chi connectivity index (χ1v) is 11.8. The summed E-state index contributed by atoms with van der Waals surface area (Å²) in [6.45, 7) is 0. The maximum atomic E-state index is 14.3. The van der Waals surface area contributed by atoms with Gasteiger partial charge in [0, 0.05) is 16.7 Å². The molecule has 176 valence electrons. The number of allylic oxidation sites excluding steroid dienone is 1. The average Bonchev–Trinajstić information content (AvgIpc) is 3.41. The zero-order valence-electron chi connectivity index (χ0n) is 17.2. The van der Waals surface area contributed by atoms with Crippen LogP contribution in [0.5, 0.6) is 0 Å². The molecule has 0 saturated heterocycles. The van der Waals surface area contributed by atoms with Gasteiger partial charge in [-0.25, -0.2) is 9.38 Å². The van der Waals surface area contributed by atoms with Crippen LogP contribution in [0.15, 0.2) is 68.8 Å². The van der Waals surface area contributed by atoms with E-state index in [0.29, 0.717) is 21.1 Å². The highest BCUT2D eigenvalue weighted by Crippen LogP contribution is 2.33. The molecule has 0 N–H and O–H groups in total. The van der Waals surface area contributed by atoms with E-state index in [-0.39, 0.29) is 25.9 Å². The van der Waals surface area contributed by atoms with E-state index < -0.39 is 22.7 Å². The molecule has 0 bridgehead atoms. The normalized spacial score (nSPS) is 15.5. The van der Waals surface area contributed by atoms with Gasteiger partial charge in [0.05, 0.1) is 32.4 Å². The Balaban J connectivity index is 1.73. The van der Waals surface area contributed by atoms with Crippen LogP contribution in [-0.4, -0.2) is 9.49 Å². The fraction of sp³-hybridized carbons (Fsp3) is 0.0435. The maximum Gasteiger partial charge on any atom is 0.433 e. The highest BCUT2D eigenvalue weighted by Gasteiger charge is 2.24. The maximum absolute atomic E-state index is 14.3. The summed E-state index contributed by atoms with van der Waals surface area (Å²) in [7, 11) is 0. The van der Waals surface area contributed by atoms with Crippen molar-refractivity contribution in [3.8, 4) is 0 Å². The summed E-state index contributed by atoms with van der Waals surface area (Å²) in [5.74, 6) is -0.954. The van der Waals surface area contributed by atoms with Crippen molar-refractivity contribution in [1.82, 2.24) is 4.57 Å². The molecule has 1 aliphatic heterocycles. The average molecular weight is 551 g/mol. The molecule has 0 fully saturated rings. The highest BCUT2D eigenvalue weighted by molar-refractivity contribution is 7.07. The lowest BCUT2D eigenvalue weighted by molar-refractivity contribution is -0.402. The van der Waals surface area contributed by atoms with Gasteiger partial charge in [-0.15, -0.1) is 0 Å². The Morgan fingerprint density at radius 1 is 1.11 bits per heavy atom. The molecule has 1 aliphatic rings. The predicted molar refractivity (Wildman–Crippen MR) is 132 cm³/mol. The van der Waals surface area contributed by atoms with Gasteiger partial charge in [-0.1, -0.05) is 58.3 Å². The Hall–Kier alpha value is -3.24. The fourth-order valence-electron chi connectivity index (χ4n) is 3.60. The number of benzene rings is 2. The summed E-state index contributed by atoms with van der Waals surface area (Å²) in [4.78, 5) is 28.5. The molecule has 12 heteroatoms. The van der Waals surface area contributed by atoms with Crippen LogP contribution in [0.3, 0.4) is 0 Å². The third kappa shape index (κ3) is 4.43. The second-order valence-corrected chi connectivity index (χ2v) is 9.67. The van der Waals surface area contributed by atoms with Crippen LogP contribution in [0.2, 0.25) is 15.1 Å². The van der Waals surface area contributed by atoms with E-state index in [4.69, 9.17) is 39.2 Å². The number of aromatic nitrogens is 1. The van der Waals surface area contributed by atoms with Crippen molar-refractivity contribution in [2.45, 2.75) is 6.04 Å². The number of nitrogens with zero attached hydrogens (tertiary/aromatic N) is 3. The molecule has 3 heterocycles. The van der Waals surface area contributed by atoms with Crippen LogP contribution in [0, 0.1) is 15.9 Å². The van der Waals surface area contributed by atoms with Crippen molar-refractivity contribution < 1.29 is 13.7 Å². The van der Waals surface area contributed by atoms with Gasteiger partial charge in [0.1, 0.15) is 16.5 Å². The molecule has 0 spiro atoms. The molecule has 2 aromatic heterocycles. The molecule has 4 aromatic rings. The Bertz CT molecular complexity index is 1710. The Morgan fingerprint density at radius 2 is 1.86 bits per heavy atom. The number of furan rings is 1. The smallest absolute Gasteiger partial charge is 0.401 e. The third-order valence-corrected chi connectivity index (χ3v) is 7.05. The zero-order chi connectivity index (χ0) is 24.9. The van der Waals surface area contributed by atoms with E-state index in [1.165, 1.54) is 34.9 Å². The van der Waals surface area contributed by atoms with E-state index in [1.807, 2.05) is 0 Å². The quantitative estimate of drug-likeness (QED) is 0.188. The number of rotatable bonds is 4. The van der Waals surface area contributed by atoms with Crippen LogP contribution in [0.4, 0.5) is 10.3 Å². The van der Waals surface area contributed by atoms with E-state index in [1.54, 1.807) is 30.3 Å². The highest BCUT2D eigenvalue weighted by atomic mass is 35.5. The molecule has 5 rings (SSSR count). The van der Waals surface area contributed by atoms with Crippen molar-refractivity contribution in [2.75, 3.05) is 0 Å². The first-order valence-electron chi connectivity index (χ1n) is 9.89. The first kappa shape index (κ1) is 23.5. The lowest BCUT2D eigenvalue weighted by Gasteiger charge is -2.20. The number of hydrogen-bond donors (Lipinski definition) is 0. The monoisotopic (exact) mass is 549 g/mol. The number of nitro groups is 1. The Morgan fingerprint density at radius 3 is 2.54 bits per heavy atom. The number of fused-ring (bicyclic) bond motifs is 1. The number of thiazole rings is 1. The summed E-state index contributed by atoms with van der Waals surface area (Å²) >= 11 is 19.3. The van der Waals surface area contributed by atoms with Crippen molar-refractivity contribution >= 4 is 63.8 Å². The molecule has 0 saturated carbocycles. The standard InChI is InChI=1S/C23H11Cl3FN3O4S/c24-12-3-1-11(2-4-12)19-10-18(14-8-17(27)16(26)9-15(14)25)28-23-29(19)22(31)20(35-23)7-13-5-6-21(34-13)30(32)33/h1-10,19H/t19-/m1/s1. The zero-order valence-corrected chi connectivity index (χ0v) is 20.3. The first-order chi connectivity index (χ1) is 16.7. The second-order valence-electron chi connectivity index (χ2n) is 7.41. The van der Waals surface area contributed by atoms with Gasteiger partial charge in [0.15, 0.2) is 4.80 Å². The Kier molecular flexibility index (Phi) is 6.10. The predicted octanol–water partition coefficient (Wildman–Crippen LogP) is 5.60. The lowest BCUT2D eigenvalue weighted by Crippen LogP contribution is -2.36. The number of halogens is 4. The minimum Gasteiger partial charge on any atom is -0.401 e. The topological polar surface area (TPSA) is 90.6 Å². The molecule has 2 aromatic carbocycles. The van der Waals surface area contributed by atoms with Crippen molar-refractivity contribution in [2.24, 2.45) is 4.99 Å². The molecule has 0 unspecified atom stereocenters. The van der Waals surface area contributed by atoms with Crippen LogP contribution in [-0.2, 0) is 0 Å². The van der Waals surface area contributed by atoms with Crippen LogP contribution < -0.4 is 14.9 Å². The molecule has 7 nitrogen and oxygen atoms in total. The summed E-state index contributed by atoms with van der Waals surface area (Å²) in [5.41, 5.74) is 1.02. The molecule has 35 heavy (non-hydrogen) atoms. The van der Waals surface area contributed by atoms with Gasteiger partial charge in [0.25, 0.3) is 5.56 Å². The van der Waals surface area contributed by atoms with E-state index in [0.717, 1.165) is 16.9 Å². The molecule has 1 atom stereocenters. The van der Waals surface area contributed by atoms with E-state index in [9.17, 15) is 19.3 Å². The van der Waals surface area contributed by atoms with Gasteiger partial charge < -0.3 is 4.42 Å². The van der Waals surface area contributed by atoms with Gasteiger partial charge in [0.2, 0.25) is 0 Å². The molecular weight excluding hydrogens is 540 g/mol. The molecule has 0 amide bonds. The third-order valence-electron chi connectivity index (χ3n) is 5.21. The van der Waals surface area contributed by atoms with Gasteiger partial charge in [-0.2, -0.15) is 0 Å². The SMILES string of the molecule is O=c1c(=Cc2ccc([N+](=O)[O-])o2)sc2n1[C@@H](c1ccc(Cl)cc1)C=C(c1cc(F)c(Cl)cc1Cl)N=2. The van der Waals surface area contributed by atoms with Crippen LogP contribution >= 0.6 is 46.1 Å². The molecule has 0 aliphatic carbocycles. The second kappa shape index (κ2) is 9.09. The van der Waals surface area contributed by atoms with Crippen molar-refractivity contribution in [3.63, 3.8) is 0 Å². The van der Waals surface area contributed by atoms with Crippen LogP contribution in [0.25, 0.3) is 11.8 Å². The largest absolute Gasteiger partial charge is 0.433 e. The Labute approximate surface area is 214 Å². The van der Waals surface area contributed by atoms with Gasteiger partial charge in [-0.05, 0) is 42.0 Å². The summed E-state index contributed by atoms with van der Waals surface area (Å²) < 4.78 is 21.1. The van der Waals surface area contributed by atoms with E-state index in [2.05, 4.69) is 4.99 Å². The summed E-state index contributed by atoms with van der Waals surface area (Å²) in [6.07, 6.45) is 3.11. The summed E-state index contributed by atoms with van der Waals surface area (Å²) in [6, 6.07) is 11.4. The molecular formula is C23H11Cl3FN3O4S. The molecule has 0 radical (unpaired) electrons. The van der Waals surface area contributed by atoms with Gasteiger partial charge in [-0.3, -0.25) is 19.5 Å². The summed E-state index contributed by atoms with van der Waals surface area (Å²) in [5, 5.41) is 11.5. The van der Waals surface area contributed by atoms with E-state index >= 15 is 0 Å². The lowest BCUT2D eigenvalue weighted by atomic mass is 10.0. The van der Waals surface area contributed by atoms with Crippen LogP contribution in [0.1, 0.15) is 22.9 Å². The minimum atomic E-state index is -0.666.